The zero-order valence-corrected chi connectivity index (χ0v) is 15.8. The molecule has 138 valence electrons. The van der Waals surface area contributed by atoms with Crippen LogP contribution in [0.3, 0.4) is 0 Å². The van der Waals surface area contributed by atoms with Crippen molar-refractivity contribution in [2.24, 2.45) is 0 Å². The number of rotatable bonds is 4. The Balaban J connectivity index is 1.43. The molecule has 1 saturated heterocycles. The van der Waals surface area contributed by atoms with Crippen molar-refractivity contribution in [3.8, 4) is 0 Å². The predicted molar refractivity (Wildman–Crippen MR) is 110 cm³/mol. The molecule has 2 heterocycles. The lowest BCUT2D eigenvalue weighted by atomic mass is 10.1. The van der Waals surface area contributed by atoms with Crippen LogP contribution in [0.25, 0.3) is 0 Å². The van der Waals surface area contributed by atoms with Gasteiger partial charge < -0.3 is 15.1 Å². The Bertz CT molecular complexity index is 904. The smallest absolute Gasteiger partial charge is 0.247 e. The molecule has 1 aromatic heterocycles. The second kappa shape index (κ2) is 7.61. The highest BCUT2D eigenvalue weighted by molar-refractivity contribution is 5.58. The fraction of sp³-hybridized carbons (Fsp3) is 0.286. The number of hydrogen-bond donors (Lipinski definition) is 1. The summed E-state index contributed by atoms with van der Waals surface area (Å²) in [6.07, 6.45) is 1.67. The van der Waals surface area contributed by atoms with E-state index in [1.165, 1.54) is 16.8 Å². The number of nitrogens with one attached hydrogen (secondary N) is 1. The van der Waals surface area contributed by atoms with Crippen LogP contribution < -0.4 is 15.1 Å². The SMILES string of the molecule is Cc1ccc(Nc2cnnc(N3CCN(c4ccccc4)CC3)n2)cc1C. The first-order valence-corrected chi connectivity index (χ1v) is 9.28. The summed E-state index contributed by atoms with van der Waals surface area (Å²) in [5.74, 6) is 1.39. The van der Waals surface area contributed by atoms with Crippen LogP contribution in [0.2, 0.25) is 0 Å². The first-order valence-electron chi connectivity index (χ1n) is 9.28. The van der Waals surface area contributed by atoms with Crippen molar-refractivity contribution in [2.75, 3.05) is 41.3 Å². The molecule has 0 amide bonds. The van der Waals surface area contributed by atoms with Gasteiger partial charge >= 0.3 is 0 Å². The molecule has 3 aromatic rings. The molecule has 0 radical (unpaired) electrons. The summed E-state index contributed by atoms with van der Waals surface area (Å²) in [6.45, 7) is 7.87. The van der Waals surface area contributed by atoms with E-state index in [1.54, 1.807) is 6.20 Å². The highest BCUT2D eigenvalue weighted by atomic mass is 15.4. The van der Waals surface area contributed by atoms with Crippen LogP contribution >= 0.6 is 0 Å². The minimum Gasteiger partial charge on any atom is -0.368 e. The highest BCUT2D eigenvalue weighted by Gasteiger charge is 2.19. The van der Waals surface area contributed by atoms with Crippen LogP contribution in [-0.2, 0) is 0 Å². The number of piperazine rings is 1. The topological polar surface area (TPSA) is 57.2 Å². The molecule has 1 aliphatic heterocycles. The number of benzene rings is 2. The molecule has 2 aromatic carbocycles. The first-order chi connectivity index (χ1) is 13.2. The van der Waals surface area contributed by atoms with Crippen molar-refractivity contribution >= 4 is 23.1 Å². The van der Waals surface area contributed by atoms with Crippen LogP contribution in [-0.4, -0.2) is 41.4 Å². The molecular formula is C21H24N6. The average Bonchev–Trinajstić information content (AvgIpc) is 2.72. The summed E-state index contributed by atoms with van der Waals surface area (Å²) in [7, 11) is 0. The van der Waals surface area contributed by atoms with E-state index in [4.69, 9.17) is 0 Å². The zero-order chi connectivity index (χ0) is 18.6. The van der Waals surface area contributed by atoms with E-state index in [9.17, 15) is 0 Å². The van der Waals surface area contributed by atoms with Gasteiger partial charge in [0.1, 0.15) is 0 Å². The summed E-state index contributed by atoms with van der Waals surface area (Å²) in [5, 5.41) is 11.7. The summed E-state index contributed by atoms with van der Waals surface area (Å²) < 4.78 is 0. The molecule has 1 aliphatic rings. The quantitative estimate of drug-likeness (QED) is 0.768. The maximum absolute atomic E-state index is 4.66. The maximum atomic E-state index is 4.66. The van der Waals surface area contributed by atoms with E-state index >= 15 is 0 Å². The lowest BCUT2D eigenvalue weighted by Crippen LogP contribution is -2.47. The van der Waals surface area contributed by atoms with Gasteiger partial charge in [0.2, 0.25) is 5.95 Å². The number of aryl methyl sites for hydroxylation is 2. The first kappa shape index (κ1) is 17.3. The second-order valence-corrected chi connectivity index (χ2v) is 6.88. The number of hydrogen-bond acceptors (Lipinski definition) is 6. The molecule has 27 heavy (non-hydrogen) atoms. The van der Waals surface area contributed by atoms with Crippen molar-refractivity contribution in [3.63, 3.8) is 0 Å². The standard InChI is InChI=1S/C21H24N6/c1-16-8-9-18(14-17(16)2)23-20-15-22-25-21(24-20)27-12-10-26(11-13-27)19-6-4-3-5-7-19/h3-9,14-15H,10-13H2,1-2H3,(H,23,24,25). The third-order valence-corrected chi connectivity index (χ3v) is 5.01. The van der Waals surface area contributed by atoms with Crippen LogP contribution in [0.4, 0.5) is 23.1 Å². The molecule has 0 saturated carbocycles. The monoisotopic (exact) mass is 360 g/mol. The van der Waals surface area contributed by atoms with Crippen molar-refractivity contribution in [1.82, 2.24) is 15.2 Å². The molecular weight excluding hydrogens is 336 g/mol. The van der Waals surface area contributed by atoms with Crippen LogP contribution in [0.5, 0.6) is 0 Å². The molecule has 0 bridgehead atoms. The molecule has 6 heteroatoms. The predicted octanol–water partition coefficient (Wildman–Crippen LogP) is 3.56. The average molecular weight is 360 g/mol. The summed E-state index contributed by atoms with van der Waals surface area (Å²) >= 11 is 0. The van der Waals surface area contributed by atoms with E-state index < -0.39 is 0 Å². The van der Waals surface area contributed by atoms with E-state index in [2.05, 4.69) is 86.6 Å². The largest absolute Gasteiger partial charge is 0.368 e. The Morgan fingerprint density at radius 1 is 0.852 bits per heavy atom. The van der Waals surface area contributed by atoms with Gasteiger partial charge in [0, 0.05) is 37.6 Å². The molecule has 1 N–H and O–H groups in total. The normalized spacial score (nSPS) is 14.3. The van der Waals surface area contributed by atoms with Gasteiger partial charge in [-0.3, -0.25) is 0 Å². The Morgan fingerprint density at radius 3 is 2.33 bits per heavy atom. The van der Waals surface area contributed by atoms with Crippen LogP contribution in [0.15, 0.2) is 54.7 Å². The summed E-state index contributed by atoms with van der Waals surface area (Å²) in [4.78, 5) is 9.25. The number of para-hydroxylation sites is 1. The maximum Gasteiger partial charge on any atom is 0.247 e. The van der Waals surface area contributed by atoms with Crippen LogP contribution in [0, 0.1) is 13.8 Å². The molecule has 0 atom stereocenters. The Labute approximate surface area is 159 Å². The molecule has 0 aliphatic carbocycles. The van der Waals surface area contributed by atoms with Gasteiger partial charge in [-0.2, -0.15) is 10.1 Å². The van der Waals surface area contributed by atoms with Gasteiger partial charge in [-0.15, -0.1) is 5.10 Å². The van der Waals surface area contributed by atoms with E-state index in [0.717, 1.165) is 31.9 Å². The highest BCUT2D eigenvalue weighted by Crippen LogP contribution is 2.21. The Kier molecular flexibility index (Phi) is 4.87. The third-order valence-electron chi connectivity index (χ3n) is 5.01. The van der Waals surface area contributed by atoms with E-state index in [-0.39, 0.29) is 0 Å². The summed E-state index contributed by atoms with van der Waals surface area (Å²) in [6, 6.07) is 16.8. The third kappa shape index (κ3) is 4.00. The van der Waals surface area contributed by atoms with Crippen LogP contribution in [0.1, 0.15) is 11.1 Å². The minimum absolute atomic E-state index is 0.677. The van der Waals surface area contributed by atoms with Gasteiger partial charge in [0.05, 0.1) is 6.20 Å². The van der Waals surface area contributed by atoms with Gasteiger partial charge in [0.25, 0.3) is 0 Å². The van der Waals surface area contributed by atoms with Gasteiger partial charge in [0.15, 0.2) is 5.82 Å². The Morgan fingerprint density at radius 2 is 1.59 bits per heavy atom. The summed E-state index contributed by atoms with van der Waals surface area (Å²) in [5.41, 5.74) is 4.80. The number of aromatic nitrogens is 3. The number of nitrogens with zero attached hydrogens (tertiary/aromatic N) is 5. The molecule has 1 fully saturated rings. The van der Waals surface area contributed by atoms with Gasteiger partial charge in [-0.25, -0.2) is 0 Å². The Hall–Kier alpha value is -3.15. The van der Waals surface area contributed by atoms with E-state index in [0.29, 0.717) is 11.8 Å². The fourth-order valence-corrected chi connectivity index (χ4v) is 3.26. The van der Waals surface area contributed by atoms with Crippen molar-refractivity contribution in [3.05, 3.63) is 65.9 Å². The molecule has 4 rings (SSSR count). The zero-order valence-electron chi connectivity index (χ0n) is 15.8. The number of anilines is 4. The minimum atomic E-state index is 0.677. The second-order valence-electron chi connectivity index (χ2n) is 6.88. The van der Waals surface area contributed by atoms with Gasteiger partial charge in [-0.1, -0.05) is 24.3 Å². The lowest BCUT2D eigenvalue weighted by Gasteiger charge is -2.35. The van der Waals surface area contributed by atoms with E-state index in [1.807, 2.05) is 6.07 Å². The van der Waals surface area contributed by atoms with Crippen molar-refractivity contribution < 1.29 is 0 Å². The van der Waals surface area contributed by atoms with Gasteiger partial charge in [-0.05, 0) is 49.2 Å². The van der Waals surface area contributed by atoms with Crippen molar-refractivity contribution in [1.29, 1.82) is 0 Å². The molecule has 6 nitrogen and oxygen atoms in total. The molecule has 0 spiro atoms. The fourth-order valence-electron chi connectivity index (χ4n) is 3.26. The molecule has 0 unspecified atom stereocenters. The van der Waals surface area contributed by atoms with Crippen molar-refractivity contribution in [2.45, 2.75) is 13.8 Å². The lowest BCUT2D eigenvalue weighted by molar-refractivity contribution is 0.635.